The molecule has 0 unspecified atom stereocenters. The highest BCUT2D eigenvalue weighted by Gasteiger charge is 2.20. The minimum absolute atomic E-state index is 0.0109. The van der Waals surface area contributed by atoms with Crippen LogP contribution in [-0.2, 0) is 11.3 Å². The van der Waals surface area contributed by atoms with Crippen molar-refractivity contribution >= 4 is 11.9 Å². The number of unbranched alkanes of at least 4 members (excludes halogenated alkanes) is 1. The van der Waals surface area contributed by atoms with Gasteiger partial charge in [-0.25, -0.2) is 4.99 Å². The van der Waals surface area contributed by atoms with E-state index in [1.165, 1.54) is 0 Å². The van der Waals surface area contributed by atoms with Crippen molar-refractivity contribution in [1.82, 2.24) is 25.4 Å². The first-order valence-corrected chi connectivity index (χ1v) is 9.95. The molecule has 0 saturated carbocycles. The van der Waals surface area contributed by atoms with Gasteiger partial charge in [0.2, 0.25) is 5.91 Å². The van der Waals surface area contributed by atoms with Crippen LogP contribution in [0, 0.1) is 0 Å². The number of amides is 1. The molecule has 7 nitrogen and oxygen atoms in total. The van der Waals surface area contributed by atoms with Gasteiger partial charge in [-0.3, -0.25) is 14.7 Å². The predicted octanol–water partition coefficient (Wildman–Crippen LogP) is 1.47. The molecule has 150 valence electrons. The van der Waals surface area contributed by atoms with Crippen LogP contribution in [0.2, 0.25) is 0 Å². The standard InChI is InChI=1S/C20H34N6O/c1-4-5-11-22-20(23-15-19(27)25(2)3)24-17-9-13-26(14-10-17)16-18-8-6-7-12-21-18/h6-8,12,17H,4-5,9-11,13-16H2,1-3H3,(H2,22,23,24). The Labute approximate surface area is 163 Å². The van der Waals surface area contributed by atoms with Gasteiger partial charge < -0.3 is 15.5 Å². The Morgan fingerprint density at radius 1 is 1.33 bits per heavy atom. The van der Waals surface area contributed by atoms with Crippen molar-refractivity contribution in [2.45, 2.75) is 45.2 Å². The average molecular weight is 375 g/mol. The van der Waals surface area contributed by atoms with E-state index in [-0.39, 0.29) is 12.5 Å². The molecule has 1 aliphatic heterocycles. The van der Waals surface area contributed by atoms with Crippen LogP contribution in [0.4, 0.5) is 0 Å². The molecule has 7 heteroatoms. The first-order chi connectivity index (χ1) is 13.1. The maximum atomic E-state index is 11.8. The maximum Gasteiger partial charge on any atom is 0.243 e. The molecule has 27 heavy (non-hydrogen) atoms. The number of carbonyl (C=O) groups excluding carboxylic acids is 1. The van der Waals surface area contributed by atoms with Crippen molar-refractivity contribution in [3.05, 3.63) is 30.1 Å². The lowest BCUT2D eigenvalue weighted by Gasteiger charge is -2.33. The molecule has 2 rings (SSSR count). The van der Waals surface area contributed by atoms with Gasteiger partial charge >= 0.3 is 0 Å². The van der Waals surface area contributed by atoms with E-state index >= 15 is 0 Å². The summed E-state index contributed by atoms with van der Waals surface area (Å²) in [5.41, 5.74) is 1.12. The highest BCUT2D eigenvalue weighted by atomic mass is 16.2. The summed E-state index contributed by atoms with van der Waals surface area (Å²) >= 11 is 0. The Bertz CT molecular complexity index is 581. The largest absolute Gasteiger partial charge is 0.356 e. The van der Waals surface area contributed by atoms with Gasteiger partial charge in [-0.2, -0.15) is 0 Å². The molecular weight excluding hydrogens is 340 g/mol. The number of hydrogen-bond acceptors (Lipinski definition) is 4. The van der Waals surface area contributed by atoms with Gasteiger partial charge in [0.1, 0.15) is 6.54 Å². The summed E-state index contributed by atoms with van der Waals surface area (Å²) in [6, 6.07) is 6.45. The number of nitrogens with one attached hydrogen (secondary N) is 2. The lowest BCUT2D eigenvalue weighted by molar-refractivity contribution is -0.127. The quantitative estimate of drug-likeness (QED) is 0.410. The average Bonchev–Trinajstić information content (AvgIpc) is 2.68. The van der Waals surface area contributed by atoms with Crippen LogP contribution in [0.1, 0.15) is 38.3 Å². The number of hydrogen-bond donors (Lipinski definition) is 2. The molecule has 0 spiro atoms. The Morgan fingerprint density at radius 2 is 2.11 bits per heavy atom. The molecule has 0 bridgehead atoms. The van der Waals surface area contributed by atoms with Gasteiger partial charge in [0.15, 0.2) is 5.96 Å². The number of likely N-dealkylation sites (tertiary alicyclic amines) is 1. The second-order valence-corrected chi connectivity index (χ2v) is 7.25. The van der Waals surface area contributed by atoms with E-state index in [4.69, 9.17) is 0 Å². The topological polar surface area (TPSA) is 72.9 Å². The molecule has 1 fully saturated rings. The van der Waals surface area contributed by atoms with E-state index in [0.717, 1.165) is 63.5 Å². The minimum Gasteiger partial charge on any atom is -0.356 e. The molecule has 2 heterocycles. The predicted molar refractivity (Wildman–Crippen MR) is 110 cm³/mol. The van der Waals surface area contributed by atoms with E-state index in [1.807, 2.05) is 18.3 Å². The number of aromatic nitrogens is 1. The van der Waals surface area contributed by atoms with Crippen LogP contribution < -0.4 is 10.6 Å². The molecule has 1 amide bonds. The summed E-state index contributed by atoms with van der Waals surface area (Å²) in [5, 5.41) is 6.88. The number of piperidine rings is 1. The van der Waals surface area contributed by atoms with Gasteiger partial charge in [-0.15, -0.1) is 0 Å². The molecule has 1 aromatic rings. The van der Waals surface area contributed by atoms with Crippen molar-refractivity contribution in [3.8, 4) is 0 Å². The fourth-order valence-corrected chi connectivity index (χ4v) is 2.97. The highest BCUT2D eigenvalue weighted by molar-refractivity contribution is 5.84. The fourth-order valence-electron chi connectivity index (χ4n) is 2.97. The molecule has 0 radical (unpaired) electrons. The molecule has 0 atom stereocenters. The summed E-state index contributed by atoms with van der Waals surface area (Å²) in [4.78, 5) is 24.7. The molecule has 0 aliphatic carbocycles. The Balaban J connectivity index is 1.82. The first-order valence-electron chi connectivity index (χ1n) is 9.95. The third-order valence-electron chi connectivity index (χ3n) is 4.73. The van der Waals surface area contributed by atoms with Crippen LogP contribution >= 0.6 is 0 Å². The van der Waals surface area contributed by atoms with Gasteiger partial charge in [0.05, 0.1) is 5.69 Å². The van der Waals surface area contributed by atoms with E-state index in [0.29, 0.717) is 6.04 Å². The summed E-state index contributed by atoms with van der Waals surface area (Å²) in [7, 11) is 3.51. The Morgan fingerprint density at radius 3 is 2.74 bits per heavy atom. The zero-order valence-corrected chi connectivity index (χ0v) is 16.9. The molecule has 1 aromatic heterocycles. The second kappa shape index (κ2) is 11.5. The Kier molecular flexibility index (Phi) is 9.04. The molecule has 2 N–H and O–H groups in total. The maximum absolute atomic E-state index is 11.8. The van der Waals surface area contributed by atoms with Gasteiger partial charge in [-0.1, -0.05) is 19.4 Å². The number of guanidine groups is 1. The summed E-state index contributed by atoms with van der Waals surface area (Å²) < 4.78 is 0. The molecular formula is C20H34N6O. The second-order valence-electron chi connectivity index (χ2n) is 7.25. The first kappa shape index (κ1) is 21.2. The smallest absolute Gasteiger partial charge is 0.243 e. The minimum atomic E-state index is 0.0109. The third-order valence-corrected chi connectivity index (χ3v) is 4.73. The lowest BCUT2D eigenvalue weighted by Crippen LogP contribution is -2.49. The molecule has 0 aromatic carbocycles. The van der Waals surface area contributed by atoms with Gasteiger partial charge in [-0.05, 0) is 31.4 Å². The van der Waals surface area contributed by atoms with Crippen molar-refractivity contribution in [2.24, 2.45) is 4.99 Å². The fraction of sp³-hybridized carbons (Fsp3) is 0.650. The zero-order chi connectivity index (χ0) is 19.5. The van der Waals surface area contributed by atoms with Gasteiger partial charge in [0, 0.05) is 52.5 Å². The lowest BCUT2D eigenvalue weighted by atomic mass is 10.0. The summed E-state index contributed by atoms with van der Waals surface area (Å²) in [6.45, 7) is 6.18. The monoisotopic (exact) mass is 374 g/mol. The molecule has 1 aliphatic rings. The normalized spacial score (nSPS) is 16.2. The highest BCUT2D eigenvalue weighted by Crippen LogP contribution is 2.12. The van der Waals surface area contributed by atoms with E-state index in [9.17, 15) is 4.79 Å². The van der Waals surface area contributed by atoms with E-state index in [1.54, 1.807) is 19.0 Å². The van der Waals surface area contributed by atoms with Crippen LogP contribution in [0.25, 0.3) is 0 Å². The number of likely N-dealkylation sites (N-methyl/N-ethyl adjacent to an activating group) is 1. The summed E-state index contributed by atoms with van der Waals surface area (Å²) in [6.07, 6.45) is 6.18. The molecule has 1 saturated heterocycles. The van der Waals surface area contributed by atoms with E-state index < -0.39 is 0 Å². The van der Waals surface area contributed by atoms with Crippen LogP contribution in [0.15, 0.2) is 29.4 Å². The number of rotatable bonds is 8. The number of nitrogens with zero attached hydrogens (tertiary/aromatic N) is 4. The third kappa shape index (κ3) is 7.95. The van der Waals surface area contributed by atoms with Crippen molar-refractivity contribution in [3.63, 3.8) is 0 Å². The van der Waals surface area contributed by atoms with Gasteiger partial charge in [0.25, 0.3) is 0 Å². The van der Waals surface area contributed by atoms with Crippen molar-refractivity contribution < 1.29 is 4.79 Å². The SMILES string of the molecule is CCCCNC(=NCC(=O)N(C)C)NC1CCN(Cc2ccccn2)CC1. The van der Waals surface area contributed by atoms with Crippen LogP contribution in [0.3, 0.4) is 0 Å². The number of pyridine rings is 1. The Hall–Kier alpha value is -2.15. The van der Waals surface area contributed by atoms with Crippen molar-refractivity contribution in [1.29, 1.82) is 0 Å². The van der Waals surface area contributed by atoms with Crippen LogP contribution in [0.5, 0.6) is 0 Å². The number of aliphatic imine (C=N–C) groups is 1. The van der Waals surface area contributed by atoms with Crippen LogP contribution in [-0.4, -0.2) is 73.0 Å². The van der Waals surface area contributed by atoms with Crippen molar-refractivity contribution in [2.75, 3.05) is 40.3 Å². The zero-order valence-electron chi connectivity index (χ0n) is 16.9. The number of carbonyl (C=O) groups is 1. The van der Waals surface area contributed by atoms with E-state index in [2.05, 4.69) is 38.5 Å². The summed E-state index contributed by atoms with van der Waals surface area (Å²) in [5.74, 6) is 0.763.